The number of hydrogen-bond donors (Lipinski definition) is 2. The quantitative estimate of drug-likeness (QED) is 0.706. The van der Waals surface area contributed by atoms with Gasteiger partial charge in [0.2, 0.25) is 5.95 Å². The van der Waals surface area contributed by atoms with Crippen molar-refractivity contribution >= 4 is 5.95 Å². The zero-order chi connectivity index (χ0) is 18.6. The summed E-state index contributed by atoms with van der Waals surface area (Å²) in [6.45, 7) is 2.26. The van der Waals surface area contributed by atoms with Gasteiger partial charge in [-0.2, -0.15) is 0 Å². The Labute approximate surface area is 157 Å². The van der Waals surface area contributed by atoms with Crippen LogP contribution in [0.1, 0.15) is 18.5 Å². The summed E-state index contributed by atoms with van der Waals surface area (Å²) < 4.78 is 1.77. The molecule has 2 aromatic heterocycles. The second kappa shape index (κ2) is 7.81. The maximum absolute atomic E-state index is 9.64. The third kappa shape index (κ3) is 3.96. The van der Waals surface area contributed by atoms with Crippen LogP contribution in [-0.4, -0.2) is 56.3 Å². The van der Waals surface area contributed by atoms with Crippen molar-refractivity contribution in [2.24, 2.45) is 0 Å². The number of anilines is 1. The zero-order valence-electron chi connectivity index (χ0n) is 15.3. The van der Waals surface area contributed by atoms with Crippen molar-refractivity contribution in [2.45, 2.75) is 25.5 Å². The van der Waals surface area contributed by atoms with E-state index >= 15 is 0 Å². The van der Waals surface area contributed by atoms with E-state index in [4.69, 9.17) is 0 Å². The predicted octanol–water partition coefficient (Wildman–Crippen LogP) is 1.40. The number of nitrogens with zero attached hydrogens (tertiary/aromatic N) is 6. The molecule has 1 aliphatic rings. The zero-order valence-corrected chi connectivity index (χ0v) is 15.3. The molecule has 1 fully saturated rings. The lowest BCUT2D eigenvalue weighted by atomic mass is 10.1. The second-order valence-corrected chi connectivity index (χ2v) is 6.73. The standard InChI is InChI=1S/C19H23N7O/c1-20-12-16-13-26(24-23-16)17-4-2-3-14(9-17)15-10-21-19(22-11-15)25-7-5-18(27)6-8-25/h2-4,9-11,13,18,20,27H,5-8,12H2,1H3. The van der Waals surface area contributed by atoms with Crippen LogP contribution in [0.2, 0.25) is 0 Å². The fourth-order valence-electron chi connectivity index (χ4n) is 3.21. The molecule has 0 aliphatic carbocycles. The molecule has 140 valence electrons. The van der Waals surface area contributed by atoms with Crippen LogP contribution in [0.3, 0.4) is 0 Å². The van der Waals surface area contributed by atoms with Gasteiger partial charge in [-0.25, -0.2) is 14.6 Å². The molecule has 1 aromatic carbocycles. The largest absolute Gasteiger partial charge is 0.393 e. The van der Waals surface area contributed by atoms with Crippen LogP contribution in [0.25, 0.3) is 16.8 Å². The van der Waals surface area contributed by atoms with Crippen LogP contribution in [0, 0.1) is 0 Å². The Hall–Kier alpha value is -2.84. The molecule has 0 spiro atoms. The first-order valence-electron chi connectivity index (χ1n) is 9.14. The smallest absolute Gasteiger partial charge is 0.225 e. The lowest BCUT2D eigenvalue weighted by molar-refractivity contribution is 0.145. The highest BCUT2D eigenvalue weighted by Gasteiger charge is 2.19. The third-order valence-electron chi connectivity index (χ3n) is 4.73. The topological polar surface area (TPSA) is 92.0 Å². The Balaban J connectivity index is 1.53. The van der Waals surface area contributed by atoms with Gasteiger partial charge in [0.1, 0.15) is 0 Å². The van der Waals surface area contributed by atoms with E-state index in [2.05, 4.69) is 30.5 Å². The normalized spacial score (nSPS) is 15.3. The fourth-order valence-corrected chi connectivity index (χ4v) is 3.21. The van der Waals surface area contributed by atoms with Gasteiger partial charge in [-0.3, -0.25) is 0 Å². The molecule has 27 heavy (non-hydrogen) atoms. The number of aliphatic hydroxyl groups is 1. The van der Waals surface area contributed by atoms with Crippen LogP contribution >= 0.6 is 0 Å². The first kappa shape index (κ1) is 17.6. The Kier molecular flexibility index (Phi) is 5.08. The fraction of sp³-hybridized carbons (Fsp3) is 0.368. The second-order valence-electron chi connectivity index (χ2n) is 6.73. The van der Waals surface area contributed by atoms with Crippen LogP contribution in [-0.2, 0) is 6.54 Å². The molecule has 8 heteroatoms. The number of rotatable bonds is 5. The summed E-state index contributed by atoms with van der Waals surface area (Å²) in [6, 6.07) is 8.07. The summed E-state index contributed by atoms with van der Waals surface area (Å²) in [5.41, 5.74) is 3.81. The molecule has 8 nitrogen and oxygen atoms in total. The average Bonchev–Trinajstić information content (AvgIpc) is 3.18. The molecule has 0 amide bonds. The third-order valence-corrected chi connectivity index (χ3v) is 4.73. The van der Waals surface area contributed by atoms with Crippen LogP contribution in [0.5, 0.6) is 0 Å². The molecule has 3 heterocycles. The van der Waals surface area contributed by atoms with E-state index in [1.165, 1.54) is 0 Å². The van der Waals surface area contributed by atoms with Gasteiger partial charge in [-0.1, -0.05) is 17.3 Å². The van der Waals surface area contributed by atoms with Gasteiger partial charge in [-0.15, -0.1) is 5.10 Å². The Bertz CT molecular complexity index is 885. The average molecular weight is 365 g/mol. The van der Waals surface area contributed by atoms with Crippen molar-refractivity contribution < 1.29 is 5.11 Å². The molecule has 4 rings (SSSR count). The van der Waals surface area contributed by atoms with Crippen LogP contribution in [0.4, 0.5) is 5.95 Å². The molecule has 0 bridgehead atoms. The minimum Gasteiger partial charge on any atom is -0.393 e. The summed E-state index contributed by atoms with van der Waals surface area (Å²) >= 11 is 0. The van der Waals surface area contributed by atoms with E-state index in [0.29, 0.717) is 6.54 Å². The van der Waals surface area contributed by atoms with Crippen molar-refractivity contribution in [3.63, 3.8) is 0 Å². The van der Waals surface area contributed by atoms with Crippen LogP contribution < -0.4 is 10.2 Å². The minimum absolute atomic E-state index is 0.200. The number of nitrogens with one attached hydrogen (secondary N) is 1. The van der Waals surface area contributed by atoms with Gasteiger partial charge >= 0.3 is 0 Å². The number of benzene rings is 1. The van der Waals surface area contributed by atoms with Crippen molar-refractivity contribution in [1.29, 1.82) is 0 Å². The molecule has 3 aromatic rings. The van der Waals surface area contributed by atoms with Crippen molar-refractivity contribution in [3.05, 3.63) is 48.5 Å². The van der Waals surface area contributed by atoms with Crippen molar-refractivity contribution in [3.8, 4) is 16.8 Å². The first-order valence-corrected chi connectivity index (χ1v) is 9.14. The van der Waals surface area contributed by atoms with E-state index in [9.17, 15) is 5.11 Å². The minimum atomic E-state index is -0.200. The highest BCUT2D eigenvalue weighted by atomic mass is 16.3. The van der Waals surface area contributed by atoms with E-state index < -0.39 is 0 Å². The molecule has 1 aliphatic heterocycles. The lowest BCUT2D eigenvalue weighted by Gasteiger charge is -2.29. The summed E-state index contributed by atoms with van der Waals surface area (Å²) in [5, 5.41) is 21.1. The molecule has 0 atom stereocenters. The van der Waals surface area contributed by atoms with E-state index in [0.717, 1.165) is 54.4 Å². The molecule has 0 unspecified atom stereocenters. The Morgan fingerprint density at radius 2 is 1.93 bits per heavy atom. The maximum atomic E-state index is 9.64. The number of hydrogen-bond acceptors (Lipinski definition) is 7. The predicted molar refractivity (Wildman–Crippen MR) is 103 cm³/mol. The number of aliphatic hydroxyl groups excluding tert-OH is 1. The van der Waals surface area contributed by atoms with Crippen molar-refractivity contribution in [1.82, 2.24) is 30.3 Å². The van der Waals surface area contributed by atoms with Gasteiger partial charge in [-0.05, 0) is 37.6 Å². The molecule has 2 N–H and O–H groups in total. The maximum Gasteiger partial charge on any atom is 0.225 e. The molecule has 0 saturated carbocycles. The summed E-state index contributed by atoms with van der Waals surface area (Å²) in [6.07, 6.45) is 6.94. The molecule has 1 saturated heterocycles. The summed E-state index contributed by atoms with van der Waals surface area (Å²) in [5.74, 6) is 0.717. The highest BCUT2D eigenvalue weighted by Crippen LogP contribution is 2.23. The van der Waals surface area contributed by atoms with Gasteiger partial charge in [0.05, 0.1) is 23.7 Å². The highest BCUT2D eigenvalue weighted by molar-refractivity contribution is 5.64. The van der Waals surface area contributed by atoms with Gasteiger partial charge < -0.3 is 15.3 Å². The van der Waals surface area contributed by atoms with E-state index in [1.807, 2.05) is 49.9 Å². The van der Waals surface area contributed by atoms with E-state index in [1.54, 1.807) is 4.68 Å². The summed E-state index contributed by atoms with van der Waals surface area (Å²) in [4.78, 5) is 11.2. The Morgan fingerprint density at radius 1 is 1.15 bits per heavy atom. The SMILES string of the molecule is CNCc1cn(-c2cccc(-c3cnc(N4CCC(O)CC4)nc3)c2)nn1. The molecule has 0 radical (unpaired) electrons. The summed E-state index contributed by atoms with van der Waals surface area (Å²) in [7, 11) is 1.88. The van der Waals surface area contributed by atoms with Crippen molar-refractivity contribution in [2.75, 3.05) is 25.0 Å². The monoisotopic (exact) mass is 365 g/mol. The van der Waals surface area contributed by atoms with Crippen LogP contribution in [0.15, 0.2) is 42.9 Å². The van der Waals surface area contributed by atoms with Gasteiger partial charge in [0.25, 0.3) is 0 Å². The lowest BCUT2D eigenvalue weighted by Crippen LogP contribution is -2.36. The van der Waals surface area contributed by atoms with Gasteiger partial charge in [0, 0.05) is 37.6 Å². The first-order chi connectivity index (χ1) is 13.2. The number of aromatic nitrogens is 5. The molecular weight excluding hydrogens is 342 g/mol. The van der Waals surface area contributed by atoms with Gasteiger partial charge in [0.15, 0.2) is 0 Å². The van der Waals surface area contributed by atoms with E-state index in [-0.39, 0.29) is 6.10 Å². The number of piperidine rings is 1. The molecular formula is C19H23N7O. The Morgan fingerprint density at radius 3 is 2.67 bits per heavy atom.